The van der Waals surface area contributed by atoms with Gasteiger partial charge in [0.15, 0.2) is 5.88 Å². The number of benzene rings is 1. The summed E-state index contributed by atoms with van der Waals surface area (Å²) in [6.45, 7) is 4.72. The maximum absolute atomic E-state index is 12.9. The zero-order chi connectivity index (χ0) is 22.4. The quantitative estimate of drug-likeness (QED) is 0.563. The molecule has 0 atom stereocenters. The standard InChI is InChI=1S/C22H19N5O4/c1-15-19(21(28)27(25-15)17-6-4-16(5-7-17)22(29)30)14-18-8-9-20(31-18)26(12-2-10-23)13-3-11-24/h4-9,14,25H,1-3,12-13H2,(H,29,30). The topological polar surface area (TPSA) is 139 Å². The second kappa shape index (κ2) is 9.33. The number of aromatic nitrogens is 2. The smallest absolute Gasteiger partial charge is 0.335 e. The van der Waals surface area contributed by atoms with Crippen LogP contribution in [0.15, 0.2) is 45.6 Å². The summed E-state index contributed by atoms with van der Waals surface area (Å²) in [6.07, 6.45) is 2.13. The Kier molecular flexibility index (Phi) is 6.39. The van der Waals surface area contributed by atoms with Crippen molar-refractivity contribution in [3.05, 3.63) is 68.6 Å². The average Bonchev–Trinajstić information content (AvgIpc) is 3.34. The molecule has 3 rings (SSSR count). The number of nitrogens with zero attached hydrogens (tertiary/aromatic N) is 4. The van der Waals surface area contributed by atoms with Crippen LogP contribution in [-0.2, 0) is 0 Å². The predicted octanol–water partition coefficient (Wildman–Crippen LogP) is 1.33. The van der Waals surface area contributed by atoms with Crippen LogP contribution < -0.4 is 21.0 Å². The number of carboxylic acids is 1. The van der Waals surface area contributed by atoms with Gasteiger partial charge in [-0.25, -0.2) is 9.48 Å². The molecule has 3 aromatic rings. The van der Waals surface area contributed by atoms with Crippen molar-refractivity contribution in [2.75, 3.05) is 18.0 Å². The molecule has 156 valence electrons. The SMILES string of the molecule is C=c1[nH]n(-c2ccc(C(=O)O)cc2)c(=O)c1=Cc1ccc(N(CCC#N)CCC#N)o1. The number of carboxylic acid groups (broad SMARTS) is 1. The molecule has 2 aromatic heterocycles. The third kappa shape index (κ3) is 4.74. The van der Waals surface area contributed by atoms with E-state index in [2.05, 4.69) is 23.8 Å². The van der Waals surface area contributed by atoms with Gasteiger partial charge in [0.25, 0.3) is 5.56 Å². The Morgan fingerprint density at radius 2 is 1.81 bits per heavy atom. The first kappa shape index (κ1) is 21.2. The van der Waals surface area contributed by atoms with Crippen LogP contribution in [0.2, 0.25) is 0 Å². The molecule has 31 heavy (non-hydrogen) atoms. The number of furan rings is 1. The second-order valence-electron chi connectivity index (χ2n) is 6.62. The van der Waals surface area contributed by atoms with E-state index < -0.39 is 5.97 Å². The maximum Gasteiger partial charge on any atom is 0.335 e. The Labute approximate surface area is 177 Å². The fraction of sp³-hybridized carbons (Fsp3) is 0.182. The zero-order valence-corrected chi connectivity index (χ0v) is 16.5. The van der Waals surface area contributed by atoms with E-state index in [4.69, 9.17) is 20.0 Å². The normalized spacial score (nSPS) is 11.1. The van der Waals surface area contributed by atoms with E-state index in [1.54, 1.807) is 23.1 Å². The summed E-state index contributed by atoms with van der Waals surface area (Å²) in [5.41, 5.74) is 0.223. The van der Waals surface area contributed by atoms with E-state index in [1.807, 2.05) is 0 Å². The number of rotatable bonds is 8. The van der Waals surface area contributed by atoms with Gasteiger partial charge < -0.3 is 14.4 Å². The van der Waals surface area contributed by atoms with Crippen molar-refractivity contribution in [3.8, 4) is 17.8 Å². The molecule has 9 nitrogen and oxygen atoms in total. The summed E-state index contributed by atoms with van der Waals surface area (Å²) in [5.74, 6) is -0.129. The molecule has 2 N–H and O–H groups in total. The highest BCUT2D eigenvalue weighted by molar-refractivity contribution is 5.87. The van der Waals surface area contributed by atoms with Crippen molar-refractivity contribution in [2.45, 2.75) is 12.8 Å². The molecule has 0 spiro atoms. The number of aromatic carboxylic acids is 1. The lowest BCUT2D eigenvalue weighted by molar-refractivity contribution is 0.0697. The maximum atomic E-state index is 12.9. The van der Waals surface area contributed by atoms with Gasteiger partial charge in [0.1, 0.15) is 5.76 Å². The van der Waals surface area contributed by atoms with Gasteiger partial charge in [0.2, 0.25) is 0 Å². The molecule has 2 heterocycles. The Bertz CT molecular complexity index is 1310. The third-order valence-electron chi connectivity index (χ3n) is 4.58. The summed E-state index contributed by atoms with van der Waals surface area (Å²) >= 11 is 0. The van der Waals surface area contributed by atoms with Gasteiger partial charge in [-0.1, -0.05) is 6.58 Å². The van der Waals surface area contributed by atoms with Gasteiger partial charge in [-0.2, -0.15) is 10.5 Å². The molecule has 0 bridgehead atoms. The summed E-state index contributed by atoms with van der Waals surface area (Å²) in [7, 11) is 0. The first-order valence-corrected chi connectivity index (χ1v) is 9.38. The highest BCUT2D eigenvalue weighted by Gasteiger charge is 2.12. The second-order valence-corrected chi connectivity index (χ2v) is 6.62. The molecule has 1 aromatic carbocycles. The minimum atomic E-state index is -1.05. The van der Waals surface area contributed by atoms with Crippen LogP contribution >= 0.6 is 0 Å². The highest BCUT2D eigenvalue weighted by atomic mass is 16.4. The molecule has 0 aliphatic rings. The fourth-order valence-electron chi connectivity index (χ4n) is 3.01. The monoisotopic (exact) mass is 417 g/mol. The molecule has 0 aliphatic heterocycles. The Balaban J connectivity index is 1.94. The van der Waals surface area contributed by atoms with E-state index in [9.17, 15) is 9.59 Å². The molecule has 0 amide bonds. The lowest BCUT2D eigenvalue weighted by Gasteiger charge is -2.18. The van der Waals surface area contributed by atoms with Gasteiger partial charge in [0.05, 0.1) is 46.8 Å². The van der Waals surface area contributed by atoms with E-state index >= 15 is 0 Å². The van der Waals surface area contributed by atoms with Crippen LogP contribution in [-0.4, -0.2) is 33.9 Å². The summed E-state index contributed by atoms with van der Waals surface area (Å²) in [6, 6.07) is 13.4. The van der Waals surface area contributed by atoms with Gasteiger partial charge in [-0.05, 0) is 36.4 Å². The molecule has 9 heteroatoms. The largest absolute Gasteiger partial charge is 0.478 e. The number of nitriles is 2. The van der Waals surface area contributed by atoms with Crippen molar-refractivity contribution in [2.24, 2.45) is 0 Å². The number of carbonyl (C=O) groups is 1. The Morgan fingerprint density at radius 3 is 2.39 bits per heavy atom. The van der Waals surface area contributed by atoms with Gasteiger partial charge in [0, 0.05) is 19.2 Å². The van der Waals surface area contributed by atoms with Gasteiger partial charge in [-0.3, -0.25) is 9.89 Å². The van der Waals surface area contributed by atoms with E-state index in [1.165, 1.54) is 28.9 Å². The minimum Gasteiger partial charge on any atom is -0.478 e. The third-order valence-corrected chi connectivity index (χ3v) is 4.58. The Morgan fingerprint density at radius 1 is 1.16 bits per heavy atom. The first-order valence-electron chi connectivity index (χ1n) is 9.38. The number of nitrogens with one attached hydrogen (secondary N) is 1. The number of anilines is 1. The lowest BCUT2D eigenvalue weighted by Crippen LogP contribution is -2.33. The van der Waals surface area contributed by atoms with Crippen molar-refractivity contribution in [3.63, 3.8) is 0 Å². The first-order chi connectivity index (χ1) is 14.9. The van der Waals surface area contributed by atoms with Crippen LogP contribution in [0.1, 0.15) is 29.0 Å². The molecule has 0 saturated heterocycles. The molecular weight excluding hydrogens is 398 g/mol. The molecule has 0 saturated carbocycles. The van der Waals surface area contributed by atoms with Crippen LogP contribution in [0.5, 0.6) is 0 Å². The summed E-state index contributed by atoms with van der Waals surface area (Å²) < 4.78 is 7.08. The van der Waals surface area contributed by atoms with Crippen molar-refractivity contribution in [1.29, 1.82) is 10.5 Å². The molecule has 0 aliphatic carbocycles. The van der Waals surface area contributed by atoms with Gasteiger partial charge >= 0.3 is 5.97 Å². The van der Waals surface area contributed by atoms with Gasteiger partial charge in [-0.15, -0.1) is 0 Å². The summed E-state index contributed by atoms with van der Waals surface area (Å²) in [4.78, 5) is 25.7. The van der Waals surface area contributed by atoms with Crippen LogP contribution in [0.3, 0.4) is 0 Å². The fourth-order valence-corrected chi connectivity index (χ4v) is 3.01. The lowest BCUT2D eigenvalue weighted by atomic mass is 10.2. The molecule has 0 unspecified atom stereocenters. The van der Waals surface area contributed by atoms with Crippen molar-refractivity contribution >= 4 is 24.5 Å². The number of hydrogen-bond donors (Lipinski definition) is 2. The van der Waals surface area contributed by atoms with Crippen LogP contribution in [0.25, 0.3) is 18.3 Å². The number of aromatic amines is 1. The van der Waals surface area contributed by atoms with E-state index in [0.717, 1.165) is 0 Å². The van der Waals surface area contributed by atoms with Crippen LogP contribution in [0.4, 0.5) is 5.88 Å². The molecule has 0 fully saturated rings. The van der Waals surface area contributed by atoms with E-state index in [0.29, 0.717) is 41.0 Å². The van der Waals surface area contributed by atoms with E-state index in [-0.39, 0.29) is 24.0 Å². The number of H-pyrrole nitrogens is 1. The highest BCUT2D eigenvalue weighted by Crippen LogP contribution is 2.19. The Hall–Kier alpha value is -4.50. The average molecular weight is 417 g/mol. The van der Waals surface area contributed by atoms with Crippen molar-refractivity contribution in [1.82, 2.24) is 9.78 Å². The minimum absolute atomic E-state index is 0.116. The summed E-state index contributed by atoms with van der Waals surface area (Å²) in [5, 5.41) is 30.2. The zero-order valence-electron chi connectivity index (χ0n) is 16.5. The molecule has 0 radical (unpaired) electrons. The predicted molar refractivity (Wildman–Crippen MR) is 113 cm³/mol. The van der Waals surface area contributed by atoms with Crippen LogP contribution in [0, 0.1) is 22.7 Å². The molecular formula is C22H19N5O4. The van der Waals surface area contributed by atoms with Crippen molar-refractivity contribution < 1.29 is 14.3 Å². The number of hydrogen-bond acceptors (Lipinski definition) is 6.